The molecule has 40 heavy (non-hydrogen) atoms. The molecule has 0 amide bonds. The number of benzene rings is 3. The molecule has 0 unspecified atom stereocenters. The van der Waals surface area contributed by atoms with E-state index in [0.717, 1.165) is 21.2 Å². The van der Waals surface area contributed by atoms with Gasteiger partial charge >= 0.3 is 5.97 Å². The van der Waals surface area contributed by atoms with Crippen molar-refractivity contribution in [2.45, 2.75) is 77.7 Å². The lowest BCUT2D eigenvalue weighted by Crippen LogP contribution is -2.50. The summed E-state index contributed by atoms with van der Waals surface area (Å²) in [7, 11) is -4.20. The quantitative estimate of drug-likeness (QED) is 0.173. The highest BCUT2D eigenvalue weighted by Crippen LogP contribution is 2.29. The van der Waals surface area contributed by atoms with Gasteiger partial charge in [0, 0.05) is 5.02 Å². The fourth-order valence-electron chi connectivity index (χ4n) is 3.86. The summed E-state index contributed by atoms with van der Waals surface area (Å²) < 4.78 is 39.7. The molecule has 9 heteroatoms. The maximum Gasteiger partial charge on any atom is 0.327 e. The molecule has 0 aliphatic rings. The normalized spacial score (nSPS) is 13.1. The lowest BCUT2D eigenvalue weighted by Gasteiger charge is -2.33. The van der Waals surface area contributed by atoms with Gasteiger partial charge in [-0.25, -0.2) is 8.42 Å². The van der Waals surface area contributed by atoms with Crippen LogP contribution in [0.1, 0.15) is 54.0 Å². The Labute approximate surface area is 243 Å². The molecule has 0 radical (unpaired) electrons. The third-order valence-electron chi connectivity index (χ3n) is 5.72. The van der Waals surface area contributed by atoms with Crippen LogP contribution in [-0.4, -0.2) is 36.6 Å². The van der Waals surface area contributed by atoms with Crippen LogP contribution in [0, 0.1) is 5.92 Å². The second-order valence-electron chi connectivity index (χ2n) is 11.1. The maximum absolute atomic E-state index is 13.8. The van der Waals surface area contributed by atoms with Gasteiger partial charge in [0.25, 0.3) is 10.0 Å². The Balaban J connectivity index is 1.81. The molecule has 216 valence electrons. The van der Waals surface area contributed by atoms with Crippen molar-refractivity contribution in [2.75, 3.05) is 0 Å². The largest absolute Gasteiger partial charge is 0.489 e. The SMILES string of the molecule is CC(C)ON([C@@H](C(=O)OC(C)(C)C)C(C)C)S(=O)(=O)c1ccc(-c2ccc(OCc3ccc(Cl)cc3)cc2)cc1. The number of esters is 1. The number of sulfonamides is 1. The first kappa shape index (κ1) is 31.6. The van der Waals surface area contributed by atoms with E-state index < -0.39 is 39.7 Å². The summed E-state index contributed by atoms with van der Waals surface area (Å²) in [6, 6.07) is 20.3. The first-order valence-electron chi connectivity index (χ1n) is 13.2. The van der Waals surface area contributed by atoms with Gasteiger partial charge in [0.2, 0.25) is 0 Å². The van der Waals surface area contributed by atoms with E-state index in [4.69, 9.17) is 25.9 Å². The van der Waals surface area contributed by atoms with Crippen LogP contribution < -0.4 is 4.74 Å². The van der Waals surface area contributed by atoms with Crippen LogP contribution >= 0.6 is 11.6 Å². The minimum Gasteiger partial charge on any atom is -0.489 e. The summed E-state index contributed by atoms with van der Waals surface area (Å²) in [5.74, 6) is -0.356. The van der Waals surface area contributed by atoms with Gasteiger partial charge in [-0.05, 0) is 93.6 Å². The molecule has 0 aromatic heterocycles. The van der Waals surface area contributed by atoms with Crippen molar-refractivity contribution >= 4 is 27.6 Å². The Kier molecular flexibility index (Phi) is 10.4. The van der Waals surface area contributed by atoms with Gasteiger partial charge in [0.05, 0.1) is 11.0 Å². The van der Waals surface area contributed by atoms with Gasteiger partial charge in [0.15, 0.2) is 6.04 Å². The van der Waals surface area contributed by atoms with Crippen molar-refractivity contribution in [3.8, 4) is 16.9 Å². The zero-order valence-electron chi connectivity index (χ0n) is 24.1. The van der Waals surface area contributed by atoms with Crippen LogP contribution in [0.25, 0.3) is 11.1 Å². The Morgan fingerprint density at radius 2 is 1.38 bits per heavy atom. The van der Waals surface area contributed by atoms with Gasteiger partial charge in [-0.2, -0.15) is 0 Å². The lowest BCUT2D eigenvalue weighted by molar-refractivity contribution is -0.190. The molecule has 3 aromatic carbocycles. The topological polar surface area (TPSA) is 82.1 Å². The highest BCUT2D eigenvalue weighted by atomic mass is 35.5. The molecular weight excluding hydrogens is 550 g/mol. The smallest absolute Gasteiger partial charge is 0.327 e. The van der Waals surface area contributed by atoms with Crippen molar-refractivity contribution < 1.29 is 27.5 Å². The monoisotopic (exact) mass is 587 g/mol. The second-order valence-corrected chi connectivity index (χ2v) is 13.3. The summed E-state index contributed by atoms with van der Waals surface area (Å²) in [4.78, 5) is 18.8. The third kappa shape index (κ3) is 8.54. The fourth-order valence-corrected chi connectivity index (χ4v) is 5.59. The van der Waals surface area contributed by atoms with Crippen molar-refractivity contribution in [2.24, 2.45) is 5.92 Å². The van der Waals surface area contributed by atoms with Crippen LogP contribution in [0.2, 0.25) is 5.02 Å². The number of hydrogen-bond acceptors (Lipinski definition) is 6. The summed E-state index contributed by atoms with van der Waals surface area (Å²) in [5.41, 5.74) is 1.95. The molecule has 0 N–H and O–H groups in total. The number of halogens is 1. The molecule has 0 bridgehead atoms. The van der Waals surface area contributed by atoms with E-state index in [2.05, 4.69) is 0 Å². The number of carbonyl (C=O) groups excluding carboxylic acids is 1. The molecular formula is C31H38ClNO6S. The number of hydroxylamine groups is 1. The van der Waals surface area contributed by atoms with Crippen LogP contribution in [0.4, 0.5) is 0 Å². The second kappa shape index (κ2) is 13.2. The van der Waals surface area contributed by atoms with E-state index in [9.17, 15) is 13.2 Å². The van der Waals surface area contributed by atoms with E-state index in [1.807, 2.05) is 48.5 Å². The Morgan fingerprint density at radius 1 is 0.850 bits per heavy atom. The number of ether oxygens (including phenoxy) is 2. The minimum atomic E-state index is -4.20. The third-order valence-corrected chi connectivity index (χ3v) is 7.62. The summed E-state index contributed by atoms with van der Waals surface area (Å²) in [6.45, 7) is 12.6. The van der Waals surface area contributed by atoms with E-state index >= 15 is 0 Å². The average molecular weight is 588 g/mol. The maximum atomic E-state index is 13.8. The van der Waals surface area contributed by atoms with E-state index in [0.29, 0.717) is 17.4 Å². The molecule has 0 fully saturated rings. The van der Waals surface area contributed by atoms with Crippen molar-refractivity contribution in [1.29, 1.82) is 0 Å². The van der Waals surface area contributed by atoms with Crippen LogP contribution in [0.15, 0.2) is 77.7 Å². The molecule has 0 spiro atoms. The summed E-state index contributed by atoms with van der Waals surface area (Å²) in [5, 5.41) is 0.676. The molecule has 0 saturated heterocycles. The average Bonchev–Trinajstić information content (AvgIpc) is 2.87. The highest BCUT2D eigenvalue weighted by molar-refractivity contribution is 7.89. The summed E-state index contributed by atoms with van der Waals surface area (Å²) >= 11 is 5.93. The van der Waals surface area contributed by atoms with Gasteiger partial charge in [0.1, 0.15) is 18.0 Å². The molecule has 0 aliphatic heterocycles. The number of hydrogen-bond donors (Lipinski definition) is 0. The Bertz CT molecular complexity index is 1360. The van der Waals surface area contributed by atoms with Gasteiger partial charge in [-0.15, -0.1) is 0 Å². The predicted octanol–water partition coefficient (Wildman–Crippen LogP) is 7.28. The molecule has 7 nitrogen and oxygen atoms in total. The summed E-state index contributed by atoms with van der Waals surface area (Å²) in [6.07, 6.45) is -0.488. The van der Waals surface area contributed by atoms with Crippen molar-refractivity contribution in [3.05, 3.63) is 83.4 Å². The number of carbonyl (C=O) groups is 1. The van der Waals surface area contributed by atoms with E-state index in [1.54, 1.807) is 60.6 Å². The first-order chi connectivity index (χ1) is 18.7. The highest BCUT2D eigenvalue weighted by Gasteiger charge is 2.42. The van der Waals surface area contributed by atoms with Crippen LogP contribution in [0.3, 0.4) is 0 Å². The molecule has 3 rings (SSSR count). The Morgan fingerprint density at radius 3 is 1.85 bits per heavy atom. The van der Waals surface area contributed by atoms with E-state index in [-0.39, 0.29) is 4.90 Å². The molecule has 0 heterocycles. The van der Waals surface area contributed by atoms with Crippen LogP contribution in [-0.2, 0) is 31.0 Å². The fraction of sp³-hybridized carbons (Fsp3) is 0.387. The molecule has 3 aromatic rings. The van der Waals surface area contributed by atoms with Crippen LogP contribution in [0.5, 0.6) is 5.75 Å². The number of rotatable bonds is 11. The van der Waals surface area contributed by atoms with Gasteiger partial charge in [-0.3, -0.25) is 9.63 Å². The first-order valence-corrected chi connectivity index (χ1v) is 15.0. The zero-order chi connectivity index (χ0) is 29.7. The lowest BCUT2D eigenvalue weighted by atomic mass is 10.1. The van der Waals surface area contributed by atoms with Gasteiger partial charge < -0.3 is 9.47 Å². The number of nitrogens with zero attached hydrogens (tertiary/aromatic N) is 1. The molecule has 1 atom stereocenters. The van der Waals surface area contributed by atoms with E-state index in [1.165, 1.54) is 12.1 Å². The molecule has 0 saturated carbocycles. The predicted molar refractivity (Wildman–Crippen MR) is 157 cm³/mol. The molecule has 0 aliphatic carbocycles. The van der Waals surface area contributed by atoms with Crippen molar-refractivity contribution in [3.63, 3.8) is 0 Å². The van der Waals surface area contributed by atoms with Gasteiger partial charge in [-0.1, -0.05) is 66.3 Å². The standard InChI is InChI=1S/C31H38ClNO6S/c1-21(2)29(30(34)38-31(5,6)7)33(39-22(3)4)40(35,36)28-18-12-25(13-19-28)24-10-16-27(17-11-24)37-20-23-8-14-26(32)15-9-23/h8-19,21-22,29H,20H2,1-7H3/t29-/m1/s1. The Hall–Kier alpha value is -2.91. The zero-order valence-corrected chi connectivity index (χ0v) is 25.6. The van der Waals surface area contributed by atoms with Crippen molar-refractivity contribution in [1.82, 2.24) is 4.47 Å². The minimum absolute atomic E-state index is 0.00836.